The van der Waals surface area contributed by atoms with Gasteiger partial charge in [-0.15, -0.1) is 0 Å². The lowest BCUT2D eigenvalue weighted by Gasteiger charge is -2.31. The lowest BCUT2D eigenvalue weighted by molar-refractivity contribution is -0.133. The standard InChI is InChI=1S/C16H24N2O2S/c1-3-20-14-5-4-12-6-8-18(11-13(12)10-14)16(19)15(17)7-9-21-2/h4-5,10,15H,3,6-9,11,17H2,1-2H3/t15-/m1/s1. The number of rotatable bonds is 6. The Labute approximate surface area is 131 Å². The number of amides is 1. The number of nitrogens with zero attached hydrogens (tertiary/aromatic N) is 1. The van der Waals surface area contributed by atoms with E-state index in [4.69, 9.17) is 10.5 Å². The summed E-state index contributed by atoms with van der Waals surface area (Å²) >= 11 is 1.72. The van der Waals surface area contributed by atoms with Crippen LogP contribution in [-0.4, -0.2) is 42.0 Å². The fraction of sp³-hybridized carbons (Fsp3) is 0.562. The molecule has 0 saturated heterocycles. The number of hydrogen-bond acceptors (Lipinski definition) is 4. The number of hydrogen-bond donors (Lipinski definition) is 1. The summed E-state index contributed by atoms with van der Waals surface area (Å²) in [6.07, 6.45) is 3.66. The maximum atomic E-state index is 12.4. The fourth-order valence-electron chi connectivity index (χ4n) is 2.58. The van der Waals surface area contributed by atoms with E-state index < -0.39 is 0 Å². The molecule has 2 N–H and O–H groups in total. The molecule has 0 spiro atoms. The first-order valence-corrected chi connectivity index (χ1v) is 8.83. The summed E-state index contributed by atoms with van der Waals surface area (Å²) in [7, 11) is 0. The van der Waals surface area contributed by atoms with Crippen LogP contribution in [0.25, 0.3) is 0 Å². The molecule has 0 saturated carbocycles. The van der Waals surface area contributed by atoms with Gasteiger partial charge in [0, 0.05) is 13.1 Å². The van der Waals surface area contributed by atoms with Crippen molar-refractivity contribution in [2.24, 2.45) is 5.73 Å². The third-order valence-corrected chi connectivity index (χ3v) is 4.41. The van der Waals surface area contributed by atoms with E-state index in [0.29, 0.717) is 13.2 Å². The average Bonchev–Trinajstić information content (AvgIpc) is 2.51. The van der Waals surface area contributed by atoms with Gasteiger partial charge >= 0.3 is 0 Å². The van der Waals surface area contributed by atoms with Crippen LogP contribution in [0.15, 0.2) is 18.2 Å². The maximum Gasteiger partial charge on any atom is 0.239 e. The van der Waals surface area contributed by atoms with Crippen molar-refractivity contribution in [1.29, 1.82) is 0 Å². The van der Waals surface area contributed by atoms with Gasteiger partial charge in [0.25, 0.3) is 0 Å². The Hall–Kier alpha value is -1.20. The quantitative estimate of drug-likeness (QED) is 0.874. The Kier molecular flexibility index (Phi) is 5.94. The summed E-state index contributed by atoms with van der Waals surface area (Å²) in [5.41, 5.74) is 8.49. The molecule has 116 valence electrons. The molecule has 1 amide bonds. The highest BCUT2D eigenvalue weighted by atomic mass is 32.2. The molecule has 1 heterocycles. The van der Waals surface area contributed by atoms with Crippen LogP contribution in [-0.2, 0) is 17.8 Å². The number of nitrogens with two attached hydrogens (primary N) is 1. The maximum absolute atomic E-state index is 12.4. The van der Waals surface area contributed by atoms with Gasteiger partial charge in [0.05, 0.1) is 12.6 Å². The van der Waals surface area contributed by atoms with Crippen LogP contribution >= 0.6 is 11.8 Å². The Morgan fingerprint density at radius 1 is 1.48 bits per heavy atom. The molecule has 1 aliphatic rings. The second-order valence-corrected chi connectivity index (χ2v) is 6.25. The van der Waals surface area contributed by atoms with E-state index in [9.17, 15) is 4.79 Å². The number of ether oxygens (including phenoxy) is 1. The second-order valence-electron chi connectivity index (χ2n) is 5.26. The van der Waals surface area contributed by atoms with Crippen LogP contribution in [0, 0.1) is 0 Å². The summed E-state index contributed by atoms with van der Waals surface area (Å²) in [4.78, 5) is 14.3. The molecule has 0 fully saturated rings. The highest BCUT2D eigenvalue weighted by Gasteiger charge is 2.24. The van der Waals surface area contributed by atoms with E-state index in [-0.39, 0.29) is 11.9 Å². The SMILES string of the molecule is CCOc1ccc2c(c1)CN(C(=O)[C@H](N)CCSC)CC2. The smallest absolute Gasteiger partial charge is 0.239 e. The molecule has 0 aliphatic carbocycles. The number of benzene rings is 1. The molecule has 5 heteroatoms. The van der Waals surface area contributed by atoms with E-state index >= 15 is 0 Å². The molecule has 2 rings (SSSR count). The molecule has 0 bridgehead atoms. The predicted octanol–water partition coefficient (Wildman–Crippen LogP) is 2.05. The van der Waals surface area contributed by atoms with Gasteiger partial charge in [0.1, 0.15) is 5.75 Å². The van der Waals surface area contributed by atoms with Crippen molar-refractivity contribution in [2.45, 2.75) is 32.4 Å². The first kappa shape index (κ1) is 16.2. The zero-order chi connectivity index (χ0) is 15.2. The van der Waals surface area contributed by atoms with E-state index in [0.717, 1.165) is 30.9 Å². The highest BCUT2D eigenvalue weighted by Crippen LogP contribution is 2.24. The Bertz CT molecular complexity index is 493. The third-order valence-electron chi connectivity index (χ3n) is 3.76. The lowest BCUT2D eigenvalue weighted by atomic mass is 9.98. The van der Waals surface area contributed by atoms with Crippen molar-refractivity contribution in [3.8, 4) is 5.75 Å². The second kappa shape index (κ2) is 7.71. The molecular formula is C16H24N2O2S. The molecule has 4 nitrogen and oxygen atoms in total. The molecule has 0 radical (unpaired) electrons. The molecule has 21 heavy (non-hydrogen) atoms. The molecule has 1 atom stereocenters. The van der Waals surface area contributed by atoms with Crippen molar-refractivity contribution >= 4 is 17.7 Å². The van der Waals surface area contributed by atoms with E-state index in [1.807, 2.05) is 30.2 Å². The van der Waals surface area contributed by atoms with Crippen LogP contribution in [0.5, 0.6) is 5.75 Å². The minimum Gasteiger partial charge on any atom is -0.494 e. The van der Waals surface area contributed by atoms with Crippen molar-refractivity contribution in [3.63, 3.8) is 0 Å². The van der Waals surface area contributed by atoms with Crippen LogP contribution in [0.3, 0.4) is 0 Å². The number of carbonyl (C=O) groups is 1. The van der Waals surface area contributed by atoms with Gasteiger partial charge in [-0.2, -0.15) is 11.8 Å². The van der Waals surface area contributed by atoms with Crippen molar-refractivity contribution in [2.75, 3.05) is 25.2 Å². The van der Waals surface area contributed by atoms with Gasteiger partial charge in [-0.25, -0.2) is 0 Å². The molecule has 1 aliphatic heterocycles. The first-order valence-electron chi connectivity index (χ1n) is 7.43. The Morgan fingerprint density at radius 2 is 2.29 bits per heavy atom. The monoisotopic (exact) mass is 308 g/mol. The van der Waals surface area contributed by atoms with Crippen molar-refractivity contribution in [3.05, 3.63) is 29.3 Å². The van der Waals surface area contributed by atoms with Crippen molar-refractivity contribution < 1.29 is 9.53 Å². The summed E-state index contributed by atoms with van der Waals surface area (Å²) < 4.78 is 5.54. The summed E-state index contributed by atoms with van der Waals surface area (Å²) in [5.74, 6) is 1.86. The topological polar surface area (TPSA) is 55.6 Å². The van der Waals surface area contributed by atoms with E-state index in [1.54, 1.807) is 11.8 Å². The number of thioether (sulfide) groups is 1. The minimum atomic E-state index is -0.380. The zero-order valence-corrected chi connectivity index (χ0v) is 13.6. The molecular weight excluding hydrogens is 284 g/mol. The van der Waals surface area contributed by atoms with Gasteiger partial charge in [-0.1, -0.05) is 6.07 Å². The van der Waals surface area contributed by atoms with Gasteiger partial charge in [0.2, 0.25) is 5.91 Å². The van der Waals surface area contributed by atoms with Gasteiger partial charge in [0.15, 0.2) is 0 Å². The molecule has 0 unspecified atom stereocenters. The number of fused-ring (bicyclic) bond motifs is 1. The normalized spacial score (nSPS) is 15.5. The van der Waals surface area contributed by atoms with Gasteiger partial charge in [-0.3, -0.25) is 4.79 Å². The van der Waals surface area contributed by atoms with Crippen LogP contribution < -0.4 is 10.5 Å². The highest BCUT2D eigenvalue weighted by molar-refractivity contribution is 7.98. The molecule has 1 aromatic carbocycles. The Morgan fingerprint density at radius 3 is 3.00 bits per heavy atom. The van der Waals surface area contributed by atoms with E-state index in [1.165, 1.54) is 11.1 Å². The predicted molar refractivity (Wildman–Crippen MR) is 87.7 cm³/mol. The van der Waals surface area contributed by atoms with Gasteiger partial charge < -0.3 is 15.4 Å². The molecule has 1 aromatic rings. The van der Waals surface area contributed by atoms with Gasteiger partial charge in [-0.05, 0) is 55.0 Å². The first-order chi connectivity index (χ1) is 10.2. The largest absolute Gasteiger partial charge is 0.494 e. The summed E-state index contributed by atoms with van der Waals surface area (Å²) in [6.45, 7) is 4.02. The van der Waals surface area contributed by atoms with Crippen molar-refractivity contribution in [1.82, 2.24) is 4.90 Å². The minimum absolute atomic E-state index is 0.0662. The zero-order valence-electron chi connectivity index (χ0n) is 12.8. The third kappa shape index (κ3) is 4.14. The molecule has 0 aromatic heterocycles. The fourth-order valence-corrected chi connectivity index (χ4v) is 3.07. The lowest BCUT2D eigenvalue weighted by Crippen LogP contribution is -2.46. The Balaban J connectivity index is 2.03. The van der Waals surface area contributed by atoms with Crippen LogP contribution in [0.1, 0.15) is 24.5 Å². The summed E-state index contributed by atoms with van der Waals surface area (Å²) in [6, 6.07) is 5.78. The van der Waals surface area contributed by atoms with E-state index in [2.05, 4.69) is 6.07 Å². The number of carbonyl (C=O) groups excluding carboxylic acids is 1. The van der Waals surface area contributed by atoms with Crippen LogP contribution in [0.2, 0.25) is 0 Å². The van der Waals surface area contributed by atoms with Crippen LogP contribution in [0.4, 0.5) is 0 Å². The summed E-state index contributed by atoms with van der Waals surface area (Å²) in [5, 5.41) is 0. The average molecular weight is 308 g/mol.